The van der Waals surface area contributed by atoms with Crippen molar-refractivity contribution in [3.05, 3.63) is 82.1 Å². The van der Waals surface area contributed by atoms with Gasteiger partial charge in [-0.3, -0.25) is 0 Å². The van der Waals surface area contributed by atoms with Gasteiger partial charge < -0.3 is 5.73 Å². The average Bonchev–Trinajstić information content (AvgIpc) is 3.02. The highest BCUT2D eigenvalue weighted by Crippen LogP contribution is 2.27. The largest absolute Gasteiger partial charge is 0.384 e. The summed E-state index contributed by atoms with van der Waals surface area (Å²) in [5.74, 6) is 0.571. The van der Waals surface area contributed by atoms with Crippen LogP contribution in [0.4, 0.5) is 5.82 Å². The van der Waals surface area contributed by atoms with Crippen LogP contribution < -0.4 is 5.73 Å². The molecular weight excluding hydrogens is 344 g/mol. The Hall–Kier alpha value is -2.85. The molecule has 0 unspecified atom stereocenters. The summed E-state index contributed by atoms with van der Waals surface area (Å²) in [4.78, 5) is 4.83. The predicted molar refractivity (Wildman–Crippen MR) is 107 cm³/mol. The van der Waals surface area contributed by atoms with E-state index in [1.54, 1.807) is 4.52 Å². The molecule has 0 bridgehead atoms. The van der Waals surface area contributed by atoms with Crippen molar-refractivity contribution in [3.8, 4) is 11.1 Å². The standard InChI is InChI=1S/C21H19ClN4/c1-13-6-7-16(8-14(13)2)19-12-24-26-20(23)11-18(25-21(19)26)10-15-4-3-5-17(22)9-15/h3-9,11-12H,10,23H2,1-2H3. The van der Waals surface area contributed by atoms with Gasteiger partial charge in [0.05, 0.1) is 11.9 Å². The van der Waals surface area contributed by atoms with Crippen LogP contribution >= 0.6 is 11.6 Å². The number of nitrogens with zero attached hydrogens (tertiary/aromatic N) is 3. The number of rotatable bonds is 3. The fourth-order valence-corrected chi connectivity index (χ4v) is 3.31. The smallest absolute Gasteiger partial charge is 0.165 e. The molecule has 0 radical (unpaired) electrons. The molecule has 2 aromatic heterocycles. The molecule has 0 aliphatic rings. The molecule has 130 valence electrons. The van der Waals surface area contributed by atoms with E-state index in [1.807, 2.05) is 36.5 Å². The molecule has 2 aromatic carbocycles. The number of nitrogens with two attached hydrogens (primary N) is 1. The van der Waals surface area contributed by atoms with Crippen LogP contribution in [-0.4, -0.2) is 14.6 Å². The molecule has 4 nitrogen and oxygen atoms in total. The van der Waals surface area contributed by atoms with Crippen LogP contribution in [0, 0.1) is 13.8 Å². The Morgan fingerprint density at radius 3 is 2.65 bits per heavy atom. The summed E-state index contributed by atoms with van der Waals surface area (Å²) in [6.07, 6.45) is 2.49. The molecule has 0 spiro atoms. The summed E-state index contributed by atoms with van der Waals surface area (Å²) in [7, 11) is 0. The summed E-state index contributed by atoms with van der Waals surface area (Å²) in [5, 5.41) is 5.14. The van der Waals surface area contributed by atoms with Crippen LogP contribution in [0.25, 0.3) is 16.8 Å². The van der Waals surface area contributed by atoms with Crippen molar-refractivity contribution >= 4 is 23.1 Å². The molecule has 5 heteroatoms. The SMILES string of the molecule is Cc1ccc(-c2cnn3c(N)cc(Cc4cccc(Cl)c4)nc23)cc1C. The van der Waals surface area contributed by atoms with Gasteiger partial charge in [-0.1, -0.05) is 41.9 Å². The van der Waals surface area contributed by atoms with Gasteiger partial charge in [0.1, 0.15) is 5.82 Å². The fraction of sp³-hybridized carbons (Fsp3) is 0.143. The van der Waals surface area contributed by atoms with Crippen molar-refractivity contribution in [1.82, 2.24) is 14.6 Å². The van der Waals surface area contributed by atoms with Gasteiger partial charge in [-0.25, -0.2) is 4.98 Å². The van der Waals surface area contributed by atoms with Gasteiger partial charge >= 0.3 is 0 Å². The Labute approximate surface area is 157 Å². The number of aromatic nitrogens is 3. The number of aryl methyl sites for hydroxylation is 2. The van der Waals surface area contributed by atoms with E-state index in [0.717, 1.165) is 33.1 Å². The van der Waals surface area contributed by atoms with E-state index in [1.165, 1.54) is 11.1 Å². The molecule has 2 N–H and O–H groups in total. The number of hydrogen-bond acceptors (Lipinski definition) is 3. The molecule has 26 heavy (non-hydrogen) atoms. The van der Waals surface area contributed by atoms with E-state index >= 15 is 0 Å². The summed E-state index contributed by atoms with van der Waals surface area (Å²) >= 11 is 6.09. The van der Waals surface area contributed by atoms with E-state index in [-0.39, 0.29) is 0 Å². The van der Waals surface area contributed by atoms with Crippen LogP contribution in [0.2, 0.25) is 5.02 Å². The van der Waals surface area contributed by atoms with Crippen molar-refractivity contribution in [2.75, 3.05) is 5.73 Å². The second-order valence-corrected chi connectivity index (χ2v) is 7.01. The third-order valence-corrected chi connectivity index (χ3v) is 4.88. The summed E-state index contributed by atoms with van der Waals surface area (Å²) in [5.41, 5.74) is 13.6. The van der Waals surface area contributed by atoms with Crippen molar-refractivity contribution in [2.24, 2.45) is 0 Å². The highest BCUT2D eigenvalue weighted by Gasteiger charge is 2.13. The van der Waals surface area contributed by atoms with Gasteiger partial charge in [0.25, 0.3) is 0 Å². The highest BCUT2D eigenvalue weighted by atomic mass is 35.5. The van der Waals surface area contributed by atoms with E-state index < -0.39 is 0 Å². The first-order valence-electron chi connectivity index (χ1n) is 8.46. The first kappa shape index (κ1) is 16.6. The lowest BCUT2D eigenvalue weighted by Gasteiger charge is -2.07. The summed E-state index contributed by atoms with van der Waals surface area (Å²) in [6, 6.07) is 16.0. The Balaban J connectivity index is 1.81. The van der Waals surface area contributed by atoms with Crippen molar-refractivity contribution in [3.63, 3.8) is 0 Å². The number of hydrogen-bond donors (Lipinski definition) is 1. The van der Waals surface area contributed by atoms with Gasteiger partial charge in [0, 0.05) is 23.1 Å². The third kappa shape index (κ3) is 3.04. The van der Waals surface area contributed by atoms with E-state index in [4.69, 9.17) is 22.3 Å². The van der Waals surface area contributed by atoms with Crippen molar-refractivity contribution in [1.29, 1.82) is 0 Å². The zero-order valence-corrected chi connectivity index (χ0v) is 15.5. The van der Waals surface area contributed by atoms with E-state index in [0.29, 0.717) is 12.2 Å². The molecule has 0 fully saturated rings. The Morgan fingerprint density at radius 2 is 1.88 bits per heavy atom. The van der Waals surface area contributed by atoms with Crippen LogP contribution in [0.3, 0.4) is 0 Å². The monoisotopic (exact) mass is 362 g/mol. The Kier molecular flexibility index (Phi) is 4.13. The normalized spacial score (nSPS) is 11.2. The molecule has 0 saturated heterocycles. The maximum Gasteiger partial charge on any atom is 0.165 e. The summed E-state index contributed by atoms with van der Waals surface area (Å²) < 4.78 is 1.69. The molecule has 0 saturated carbocycles. The quantitative estimate of drug-likeness (QED) is 0.567. The minimum atomic E-state index is 0.571. The molecule has 2 heterocycles. The maximum atomic E-state index is 6.22. The number of fused-ring (bicyclic) bond motifs is 1. The van der Waals surface area contributed by atoms with Crippen molar-refractivity contribution < 1.29 is 0 Å². The van der Waals surface area contributed by atoms with Crippen LogP contribution in [0.15, 0.2) is 54.7 Å². The number of halogens is 1. The number of anilines is 1. The molecular formula is C21H19ClN4. The molecule has 0 aliphatic heterocycles. The van der Waals surface area contributed by atoms with Crippen LogP contribution in [0.5, 0.6) is 0 Å². The molecule has 4 aromatic rings. The lowest BCUT2D eigenvalue weighted by Crippen LogP contribution is -2.04. The maximum absolute atomic E-state index is 6.22. The van der Waals surface area contributed by atoms with E-state index in [9.17, 15) is 0 Å². The number of nitrogen functional groups attached to an aromatic ring is 1. The van der Waals surface area contributed by atoms with E-state index in [2.05, 4.69) is 37.1 Å². The zero-order valence-electron chi connectivity index (χ0n) is 14.7. The van der Waals surface area contributed by atoms with Gasteiger partial charge in [-0.2, -0.15) is 9.61 Å². The first-order chi connectivity index (χ1) is 12.5. The van der Waals surface area contributed by atoms with Crippen molar-refractivity contribution in [2.45, 2.75) is 20.3 Å². The molecule has 4 rings (SSSR count). The van der Waals surface area contributed by atoms with Crippen LogP contribution in [0.1, 0.15) is 22.4 Å². The molecule has 0 atom stereocenters. The minimum Gasteiger partial charge on any atom is -0.384 e. The zero-order chi connectivity index (χ0) is 18.3. The minimum absolute atomic E-state index is 0.571. The summed E-state index contributed by atoms with van der Waals surface area (Å²) in [6.45, 7) is 4.21. The second-order valence-electron chi connectivity index (χ2n) is 6.57. The fourth-order valence-electron chi connectivity index (χ4n) is 3.10. The Morgan fingerprint density at radius 1 is 1.04 bits per heavy atom. The highest BCUT2D eigenvalue weighted by molar-refractivity contribution is 6.30. The van der Waals surface area contributed by atoms with Gasteiger partial charge in [-0.15, -0.1) is 0 Å². The number of benzene rings is 2. The average molecular weight is 363 g/mol. The first-order valence-corrected chi connectivity index (χ1v) is 8.84. The Bertz CT molecular complexity index is 1110. The van der Waals surface area contributed by atoms with Gasteiger partial charge in [0.2, 0.25) is 0 Å². The molecule has 0 aliphatic carbocycles. The lowest BCUT2D eigenvalue weighted by molar-refractivity contribution is 0.931. The van der Waals surface area contributed by atoms with Gasteiger partial charge in [-0.05, 0) is 48.2 Å². The lowest BCUT2D eigenvalue weighted by atomic mass is 10.0. The third-order valence-electron chi connectivity index (χ3n) is 4.64. The van der Waals surface area contributed by atoms with Crippen LogP contribution in [-0.2, 0) is 6.42 Å². The topological polar surface area (TPSA) is 56.2 Å². The molecule has 0 amide bonds. The predicted octanol–water partition coefficient (Wildman–Crippen LogP) is 4.84. The second kappa shape index (κ2) is 6.46. The van der Waals surface area contributed by atoms with Gasteiger partial charge in [0.15, 0.2) is 5.65 Å².